The van der Waals surface area contributed by atoms with Crippen LogP contribution in [0.4, 0.5) is 0 Å². The van der Waals surface area contributed by atoms with Crippen molar-refractivity contribution >= 4 is 24.6 Å². The fraction of sp³-hybridized carbons (Fsp3) is 0.400. The van der Waals surface area contributed by atoms with Crippen LogP contribution in [0.25, 0.3) is 6.08 Å². The number of ether oxygens (including phenoxy) is 2. The molecule has 0 saturated heterocycles. The van der Waals surface area contributed by atoms with Crippen molar-refractivity contribution in [2.75, 3.05) is 13.7 Å². The van der Waals surface area contributed by atoms with Gasteiger partial charge in [-0.2, -0.15) is 12.6 Å². The van der Waals surface area contributed by atoms with E-state index in [1.54, 1.807) is 7.11 Å². The molecule has 1 aliphatic rings. The molecule has 0 saturated carbocycles. The highest BCUT2D eigenvalue weighted by molar-refractivity contribution is 7.80. The van der Waals surface area contributed by atoms with Gasteiger partial charge in [0.1, 0.15) is 5.60 Å². The van der Waals surface area contributed by atoms with Crippen molar-refractivity contribution in [1.29, 1.82) is 0 Å². The van der Waals surface area contributed by atoms with Gasteiger partial charge in [0.25, 0.3) is 5.91 Å². The second-order valence-corrected chi connectivity index (χ2v) is 8.54. The predicted molar refractivity (Wildman–Crippen MR) is 128 cm³/mol. The quantitative estimate of drug-likeness (QED) is 0.586. The van der Waals surface area contributed by atoms with Crippen LogP contribution in [0, 0.1) is 0 Å². The van der Waals surface area contributed by atoms with Gasteiger partial charge in [-0.05, 0) is 49.8 Å². The summed E-state index contributed by atoms with van der Waals surface area (Å²) in [5, 5.41) is 0.0659. The Morgan fingerprint density at radius 3 is 2.47 bits per heavy atom. The zero-order valence-electron chi connectivity index (χ0n) is 18.8. The first-order valence-electron chi connectivity index (χ1n) is 10.4. The van der Waals surface area contributed by atoms with Crippen LogP contribution >= 0.6 is 12.6 Å². The number of hydrogen-bond donors (Lipinski definition) is 1. The summed E-state index contributed by atoms with van der Waals surface area (Å²) in [4.78, 5) is 14.9. The van der Waals surface area contributed by atoms with Crippen LogP contribution in [0.3, 0.4) is 0 Å². The van der Waals surface area contributed by atoms with Crippen LogP contribution in [0.1, 0.15) is 56.1 Å². The molecule has 0 aromatic heterocycles. The molecule has 0 aliphatic carbocycles. The second-order valence-electron chi connectivity index (χ2n) is 7.66. The number of carbonyl (C=O) groups is 1. The van der Waals surface area contributed by atoms with E-state index < -0.39 is 0 Å². The summed E-state index contributed by atoms with van der Waals surface area (Å²) in [5.74, 6) is 1.41. The van der Waals surface area contributed by atoms with E-state index in [1.165, 1.54) is 0 Å². The minimum atomic E-state index is -0.376. The van der Waals surface area contributed by atoms with Gasteiger partial charge in [0.15, 0.2) is 11.5 Å². The van der Waals surface area contributed by atoms with E-state index in [2.05, 4.69) is 24.8 Å². The number of fused-ring (bicyclic) bond motifs is 1. The minimum absolute atomic E-state index is 0.00823. The number of methoxy groups -OCH3 is 1. The van der Waals surface area contributed by atoms with Crippen molar-refractivity contribution < 1.29 is 14.3 Å². The molecule has 1 amide bonds. The third kappa shape index (κ3) is 6.05. The van der Waals surface area contributed by atoms with Crippen LogP contribution in [-0.4, -0.2) is 35.3 Å². The van der Waals surface area contributed by atoms with E-state index in [0.717, 1.165) is 16.9 Å². The Balaban J connectivity index is 0.00000155. The van der Waals surface area contributed by atoms with E-state index in [-0.39, 0.29) is 16.8 Å². The summed E-state index contributed by atoms with van der Waals surface area (Å²) in [6.07, 6.45) is 4.08. The maximum Gasteiger partial charge on any atom is 0.254 e. The number of thiol groups is 1. The van der Waals surface area contributed by atoms with Crippen molar-refractivity contribution in [3.8, 4) is 11.5 Å². The molecule has 1 aliphatic heterocycles. The monoisotopic (exact) mass is 427 g/mol. The molecule has 30 heavy (non-hydrogen) atoms. The lowest BCUT2D eigenvalue weighted by Gasteiger charge is -2.30. The molecule has 0 radical (unpaired) electrons. The van der Waals surface area contributed by atoms with E-state index in [4.69, 9.17) is 9.47 Å². The Labute approximate surface area is 186 Å². The van der Waals surface area contributed by atoms with Crippen LogP contribution in [0.5, 0.6) is 11.5 Å². The molecule has 4 nitrogen and oxygen atoms in total. The van der Waals surface area contributed by atoms with E-state index in [1.807, 2.05) is 82.0 Å². The molecular formula is C25H33NO3S. The summed E-state index contributed by atoms with van der Waals surface area (Å²) >= 11 is 4.50. The summed E-state index contributed by atoms with van der Waals surface area (Å²) in [5.41, 5.74) is 2.24. The summed E-state index contributed by atoms with van der Waals surface area (Å²) < 4.78 is 11.7. The highest BCUT2D eigenvalue weighted by Crippen LogP contribution is 2.40. The molecule has 3 rings (SSSR count). The summed E-state index contributed by atoms with van der Waals surface area (Å²) in [7, 11) is 1.64. The average Bonchev–Trinajstić information content (AvgIpc) is 2.73. The van der Waals surface area contributed by atoms with Crippen molar-refractivity contribution in [2.24, 2.45) is 0 Å². The maximum atomic E-state index is 13.0. The van der Waals surface area contributed by atoms with Crippen molar-refractivity contribution in [2.45, 2.75) is 52.0 Å². The zero-order chi connectivity index (χ0) is 22.3. The van der Waals surface area contributed by atoms with Crippen molar-refractivity contribution in [3.63, 3.8) is 0 Å². The summed E-state index contributed by atoms with van der Waals surface area (Å²) in [6, 6.07) is 13.3. The Morgan fingerprint density at radius 2 is 1.87 bits per heavy atom. The van der Waals surface area contributed by atoms with Gasteiger partial charge in [-0.1, -0.05) is 45.0 Å². The van der Waals surface area contributed by atoms with Crippen LogP contribution in [-0.2, 0) is 6.54 Å². The Hall–Kier alpha value is -2.40. The largest absolute Gasteiger partial charge is 0.493 e. The van der Waals surface area contributed by atoms with Gasteiger partial charge in [-0.25, -0.2) is 0 Å². The van der Waals surface area contributed by atoms with Crippen molar-refractivity contribution in [3.05, 3.63) is 65.2 Å². The van der Waals surface area contributed by atoms with Gasteiger partial charge in [0, 0.05) is 29.5 Å². The minimum Gasteiger partial charge on any atom is -0.493 e. The predicted octanol–water partition coefficient (Wildman–Crippen LogP) is 5.87. The van der Waals surface area contributed by atoms with Crippen LogP contribution < -0.4 is 9.47 Å². The standard InChI is InChI=1S/C23H27NO3S.C2H6/c1-16(28)14-24(22(25)18-8-6-5-7-9-18)15-17-12-19-10-11-23(2,3)27-21(19)20(13-17)26-4;1-2/h5-13,16,28H,14-15H2,1-4H3;1-2H3. The lowest BCUT2D eigenvalue weighted by Crippen LogP contribution is -2.34. The molecule has 5 heteroatoms. The molecule has 1 heterocycles. The highest BCUT2D eigenvalue weighted by Gasteiger charge is 2.26. The zero-order valence-corrected chi connectivity index (χ0v) is 19.7. The summed E-state index contributed by atoms with van der Waals surface area (Å²) in [6.45, 7) is 11.0. The second kappa shape index (κ2) is 10.6. The van der Waals surface area contributed by atoms with Gasteiger partial charge >= 0.3 is 0 Å². The van der Waals surface area contributed by atoms with Crippen LogP contribution in [0.15, 0.2) is 48.5 Å². The molecule has 0 bridgehead atoms. The number of amides is 1. The fourth-order valence-corrected chi connectivity index (χ4v) is 3.47. The number of hydrogen-bond acceptors (Lipinski definition) is 4. The Morgan fingerprint density at radius 1 is 1.20 bits per heavy atom. The molecule has 0 N–H and O–H groups in total. The molecule has 2 aromatic carbocycles. The SMILES string of the molecule is CC.COc1cc(CN(CC(C)S)C(=O)c2ccccc2)cc2c1OC(C)(C)C=C2. The smallest absolute Gasteiger partial charge is 0.254 e. The van der Waals surface area contributed by atoms with Crippen molar-refractivity contribution in [1.82, 2.24) is 4.90 Å². The van der Waals surface area contributed by atoms with Crippen LogP contribution in [0.2, 0.25) is 0 Å². The normalized spacial score (nSPS) is 14.5. The number of nitrogens with zero attached hydrogens (tertiary/aromatic N) is 1. The number of rotatable bonds is 6. The maximum absolute atomic E-state index is 13.0. The molecule has 1 atom stereocenters. The first-order chi connectivity index (χ1) is 14.3. The van der Waals surface area contributed by atoms with Gasteiger partial charge in [-0.15, -0.1) is 0 Å². The third-order valence-corrected chi connectivity index (χ3v) is 4.72. The Bertz CT molecular complexity index is 875. The molecule has 0 spiro atoms. The van der Waals surface area contributed by atoms with E-state index in [9.17, 15) is 4.79 Å². The number of benzene rings is 2. The fourth-order valence-electron chi connectivity index (χ4n) is 3.27. The van der Waals surface area contributed by atoms with Gasteiger partial charge in [-0.3, -0.25) is 4.79 Å². The highest BCUT2D eigenvalue weighted by atomic mass is 32.1. The average molecular weight is 428 g/mol. The third-order valence-electron chi connectivity index (χ3n) is 4.56. The first-order valence-corrected chi connectivity index (χ1v) is 10.9. The van der Waals surface area contributed by atoms with Gasteiger partial charge < -0.3 is 14.4 Å². The molecule has 2 aromatic rings. The molecular weight excluding hydrogens is 394 g/mol. The molecule has 1 unspecified atom stereocenters. The topological polar surface area (TPSA) is 38.8 Å². The number of carbonyl (C=O) groups excluding carboxylic acids is 1. The first kappa shape index (κ1) is 23.9. The van der Waals surface area contributed by atoms with E-state index >= 15 is 0 Å². The molecule has 0 fully saturated rings. The lowest BCUT2D eigenvalue weighted by atomic mass is 9.99. The molecule has 162 valence electrons. The van der Waals surface area contributed by atoms with Gasteiger partial charge in [0.05, 0.1) is 7.11 Å². The van der Waals surface area contributed by atoms with Gasteiger partial charge in [0.2, 0.25) is 0 Å². The van der Waals surface area contributed by atoms with E-state index in [0.29, 0.717) is 24.4 Å². The lowest BCUT2D eigenvalue weighted by molar-refractivity contribution is 0.0745. The Kier molecular flexibility index (Phi) is 8.42.